The maximum absolute atomic E-state index is 14.8. The van der Waals surface area contributed by atoms with E-state index in [1.807, 2.05) is 0 Å². The predicted octanol–water partition coefficient (Wildman–Crippen LogP) is 3.90. The lowest BCUT2D eigenvalue weighted by atomic mass is 10.0. The van der Waals surface area contributed by atoms with Crippen molar-refractivity contribution in [3.63, 3.8) is 0 Å². The first-order valence-corrected chi connectivity index (χ1v) is 14.1. The van der Waals surface area contributed by atoms with Crippen LogP contribution in [-0.4, -0.2) is 47.5 Å². The molecule has 2 aromatic rings. The summed E-state index contributed by atoms with van der Waals surface area (Å²) < 4.78 is 44.3. The van der Waals surface area contributed by atoms with E-state index in [1.54, 1.807) is 26.0 Å². The minimum absolute atomic E-state index is 0.125. The van der Waals surface area contributed by atoms with E-state index >= 15 is 0 Å². The number of nitrogens with one attached hydrogen (secondary N) is 2. The van der Waals surface area contributed by atoms with Gasteiger partial charge in [0.15, 0.2) is 0 Å². The van der Waals surface area contributed by atoms with Gasteiger partial charge < -0.3 is 20.1 Å². The number of likely N-dealkylation sites (tertiary alicyclic amines) is 1. The second-order valence-electron chi connectivity index (χ2n) is 11.4. The Bertz CT molecular complexity index is 1320. The molecule has 1 aromatic carbocycles. The van der Waals surface area contributed by atoms with Crippen molar-refractivity contribution >= 4 is 35.4 Å². The standard InChI is InChI=1S/C27H35F3N4O2P2/c1-13-24(27(13,30)38)34-12-19(21(8-22(34)35)31-9-16-17-10-33(4)11-18(16)17)25(36)32-14(2)15-6-5-7-20(23(15)37)26(3,28)29/h5-8,12-14,16-18,24,31H,9-11,37-38H2,1-4H3,(H,32,36)/t13-,14+,16?,17?,18?,24-,27?/m0/s1. The third-order valence-corrected chi connectivity index (χ3v) is 10.2. The number of benzene rings is 1. The lowest BCUT2D eigenvalue weighted by Crippen LogP contribution is -2.33. The Hall–Kier alpha value is -1.95. The van der Waals surface area contributed by atoms with E-state index in [2.05, 4.69) is 41.1 Å². The number of nitrogens with zero attached hydrogens (tertiary/aromatic N) is 2. The van der Waals surface area contributed by atoms with Crippen LogP contribution in [0.15, 0.2) is 35.3 Å². The first kappa shape index (κ1) is 27.6. The first-order chi connectivity index (χ1) is 17.7. The van der Waals surface area contributed by atoms with Gasteiger partial charge in [-0.2, -0.15) is 0 Å². The molecule has 8 atom stereocenters. The highest BCUT2D eigenvalue weighted by Crippen LogP contribution is 2.61. The molecule has 2 heterocycles. The van der Waals surface area contributed by atoms with Crippen molar-refractivity contribution in [2.24, 2.45) is 23.7 Å². The molecule has 2 aliphatic carbocycles. The number of amides is 1. The van der Waals surface area contributed by atoms with Crippen molar-refractivity contribution < 1.29 is 18.0 Å². The number of carbonyl (C=O) groups is 1. The summed E-state index contributed by atoms with van der Waals surface area (Å²) in [5, 5.41) is 4.94. The lowest BCUT2D eigenvalue weighted by molar-refractivity contribution is 0.0185. The number of hydrogen-bond acceptors (Lipinski definition) is 4. The summed E-state index contributed by atoms with van der Waals surface area (Å²) in [5.41, 5.74) is 0.665. The maximum atomic E-state index is 14.8. The average molecular weight is 567 g/mol. The van der Waals surface area contributed by atoms with Crippen molar-refractivity contribution in [2.45, 2.75) is 44.2 Å². The molecule has 1 saturated heterocycles. The second kappa shape index (κ2) is 9.60. The number of carbonyl (C=O) groups excluding carboxylic acids is 1. The van der Waals surface area contributed by atoms with Gasteiger partial charge in [0.05, 0.1) is 23.3 Å². The monoisotopic (exact) mass is 566 g/mol. The number of anilines is 1. The molecular formula is C27H35F3N4O2P2. The van der Waals surface area contributed by atoms with Gasteiger partial charge in [0, 0.05) is 50.3 Å². The largest absolute Gasteiger partial charge is 0.384 e. The Morgan fingerprint density at radius 1 is 1.29 bits per heavy atom. The summed E-state index contributed by atoms with van der Waals surface area (Å²) in [6.07, 6.45) is 1.43. The number of halogens is 3. The van der Waals surface area contributed by atoms with E-state index in [9.17, 15) is 22.8 Å². The van der Waals surface area contributed by atoms with Crippen molar-refractivity contribution in [1.29, 1.82) is 0 Å². The summed E-state index contributed by atoms with van der Waals surface area (Å²) in [4.78, 5) is 28.9. The zero-order valence-electron chi connectivity index (χ0n) is 22.0. The molecule has 0 radical (unpaired) electrons. The molecule has 0 bridgehead atoms. The number of rotatable bonds is 8. The van der Waals surface area contributed by atoms with Crippen LogP contribution in [0.1, 0.15) is 54.3 Å². The molecule has 1 amide bonds. The zero-order chi connectivity index (χ0) is 27.7. The molecule has 6 nitrogen and oxygen atoms in total. The van der Waals surface area contributed by atoms with Gasteiger partial charge in [-0.3, -0.25) is 9.59 Å². The molecule has 3 fully saturated rings. The Labute approximate surface area is 225 Å². The van der Waals surface area contributed by atoms with E-state index in [1.165, 1.54) is 22.9 Å². The molecule has 38 heavy (non-hydrogen) atoms. The highest BCUT2D eigenvalue weighted by molar-refractivity contribution is 7.27. The Kier molecular flexibility index (Phi) is 6.98. The SMILES string of the molecule is C[C@@H](NC(=O)c1cn([C@H]2[C@H](C)C2(F)P)c(=O)cc1NCC1C2CN(C)CC12)c1cccc(C(C)(F)F)c1P. The van der Waals surface area contributed by atoms with Gasteiger partial charge >= 0.3 is 0 Å². The number of pyridine rings is 1. The molecule has 0 spiro atoms. The smallest absolute Gasteiger partial charge is 0.271 e. The van der Waals surface area contributed by atoms with Crippen LogP contribution in [0.5, 0.6) is 0 Å². The molecule has 5 rings (SSSR count). The minimum Gasteiger partial charge on any atom is -0.384 e. The van der Waals surface area contributed by atoms with Crippen molar-refractivity contribution in [2.75, 3.05) is 32.0 Å². The summed E-state index contributed by atoms with van der Waals surface area (Å²) in [6, 6.07) is 4.71. The number of fused-ring (bicyclic) bond motifs is 1. The zero-order valence-corrected chi connectivity index (χ0v) is 24.3. The Balaban J connectivity index is 1.41. The second-order valence-corrected chi connectivity index (χ2v) is 12.9. The van der Waals surface area contributed by atoms with Crippen molar-refractivity contribution in [3.05, 3.63) is 57.5 Å². The fourth-order valence-electron chi connectivity index (χ4n) is 6.16. The van der Waals surface area contributed by atoms with E-state index in [0.717, 1.165) is 20.0 Å². The van der Waals surface area contributed by atoms with Crippen LogP contribution >= 0.6 is 18.5 Å². The molecule has 3 aliphatic rings. The van der Waals surface area contributed by atoms with E-state index in [-0.39, 0.29) is 22.6 Å². The number of hydrogen-bond donors (Lipinski definition) is 2. The van der Waals surface area contributed by atoms with Gasteiger partial charge in [0.25, 0.3) is 17.4 Å². The number of aromatic nitrogens is 1. The summed E-state index contributed by atoms with van der Waals surface area (Å²) in [7, 11) is 6.63. The maximum Gasteiger partial charge on any atom is 0.271 e. The predicted molar refractivity (Wildman–Crippen MR) is 150 cm³/mol. The molecule has 1 aliphatic heterocycles. The number of alkyl halides is 3. The van der Waals surface area contributed by atoms with Crippen LogP contribution in [0, 0.1) is 23.7 Å². The molecule has 5 unspecified atom stereocenters. The topological polar surface area (TPSA) is 66.4 Å². The lowest BCUT2D eigenvalue weighted by Gasteiger charge is -2.22. The fraction of sp³-hybridized carbons (Fsp3) is 0.556. The van der Waals surface area contributed by atoms with Crippen LogP contribution in [0.3, 0.4) is 0 Å². The van der Waals surface area contributed by atoms with Gasteiger partial charge in [-0.1, -0.05) is 34.4 Å². The van der Waals surface area contributed by atoms with E-state index in [0.29, 0.717) is 40.9 Å². The highest BCUT2D eigenvalue weighted by Gasteiger charge is 2.62. The van der Waals surface area contributed by atoms with Gasteiger partial charge in [-0.15, -0.1) is 9.24 Å². The molecule has 2 saturated carbocycles. The normalized spacial score (nSPS) is 31.0. The third-order valence-electron chi connectivity index (χ3n) is 8.65. The van der Waals surface area contributed by atoms with E-state index in [4.69, 9.17) is 0 Å². The van der Waals surface area contributed by atoms with Gasteiger partial charge in [-0.25, -0.2) is 13.2 Å². The van der Waals surface area contributed by atoms with Crippen molar-refractivity contribution in [3.8, 4) is 0 Å². The van der Waals surface area contributed by atoms with Crippen LogP contribution in [0.4, 0.5) is 18.9 Å². The van der Waals surface area contributed by atoms with Gasteiger partial charge in [-0.05, 0) is 42.6 Å². The molecule has 2 N–H and O–H groups in total. The van der Waals surface area contributed by atoms with E-state index < -0.39 is 29.3 Å². The minimum atomic E-state index is -3.03. The third kappa shape index (κ3) is 4.91. The molecule has 1 aromatic heterocycles. The van der Waals surface area contributed by atoms with Crippen molar-refractivity contribution in [1.82, 2.24) is 14.8 Å². The molecular weight excluding hydrogens is 531 g/mol. The summed E-state index contributed by atoms with van der Waals surface area (Å²) >= 11 is 0. The van der Waals surface area contributed by atoms with Crippen LogP contribution in [-0.2, 0) is 5.92 Å². The first-order valence-electron chi connectivity index (χ1n) is 13.0. The fourth-order valence-corrected chi connectivity index (χ4v) is 7.39. The van der Waals surface area contributed by atoms with Crippen LogP contribution in [0.2, 0.25) is 0 Å². The number of piperidine rings is 1. The van der Waals surface area contributed by atoms with Gasteiger partial charge in [0.2, 0.25) is 0 Å². The molecule has 11 heteroatoms. The Morgan fingerprint density at radius 2 is 1.92 bits per heavy atom. The van der Waals surface area contributed by atoms with Crippen LogP contribution < -0.4 is 21.5 Å². The highest BCUT2D eigenvalue weighted by atomic mass is 31.0. The van der Waals surface area contributed by atoms with Crippen LogP contribution in [0.25, 0.3) is 0 Å². The average Bonchev–Trinajstić information content (AvgIpc) is 3.52. The molecule has 206 valence electrons. The summed E-state index contributed by atoms with van der Waals surface area (Å²) in [5.74, 6) is -2.17. The Morgan fingerprint density at radius 3 is 2.50 bits per heavy atom. The quantitative estimate of drug-likeness (QED) is 0.476. The van der Waals surface area contributed by atoms with Gasteiger partial charge in [0.1, 0.15) is 5.41 Å². The summed E-state index contributed by atoms with van der Waals surface area (Å²) in [6.45, 7) is 7.01.